The lowest BCUT2D eigenvalue weighted by atomic mass is 10.2. The first-order chi connectivity index (χ1) is 8.90. The van der Waals surface area contributed by atoms with E-state index in [0.29, 0.717) is 12.5 Å². The summed E-state index contributed by atoms with van der Waals surface area (Å²) in [7, 11) is 0. The van der Waals surface area contributed by atoms with Crippen LogP contribution in [0.15, 0.2) is 18.2 Å². The van der Waals surface area contributed by atoms with Crippen LogP contribution in [0.2, 0.25) is 0 Å². The van der Waals surface area contributed by atoms with Crippen LogP contribution < -0.4 is 10.1 Å². The SMILES string of the molecule is CC(C)CNC(=O)COc1ccc(I)cc1C(=O)O. The molecule has 1 aromatic carbocycles. The molecule has 0 saturated carbocycles. The lowest BCUT2D eigenvalue weighted by molar-refractivity contribution is -0.123. The number of amides is 1. The first-order valence-electron chi connectivity index (χ1n) is 5.82. The number of nitrogens with one attached hydrogen (secondary N) is 1. The molecule has 1 amide bonds. The Morgan fingerprint density at radius 3 is 2.68 bits per heavy atom. The molecule has 104 valence electrons. The molecule has 0 saturated heterocycles. The highest BCUT2D eigenvalue weighted by molar-refractivity contribution is 14.1. The van der Waals surface area contributed by atoms with Gasteiger partial charge in [0.2, 0.25) is 0 Å². The lowest BCUT2D eigenvalue weighted by Gasteiger charge is -2.11. The van der Waals surface area contributed by atoms with Crippen LogP contribution in [0.1, 0.15) is 24.2 Å². The molecule has 1 aromatic rings. The number of rotatable bonds is 6. The third kappa shape index (κ3) is 5.46. The van der Waals surface area contributed by atoms with E-state index >= 15 is 0 Å². The zero-order valence-corrected chi connectivity index (χ0v) is 12.9. The molecule has 0 fully saturated rings. The minimum atomic E-state index is -1.07. The molecular formula is C13H16INO4. The van der Waals surface area contributed by atoms with Gasteiger partial charge < -0.3 is 15.2 Å². The monoisotopic (exact) mass is 377 g/mol. The maximum Gasteiger partial charge on any atom is 0.339 e. The summed E-state index contributed by atoms with van der Waals surface area (Å²) in [5.74, 6) is -0.774. The van der Waals surface area contributed by atoms with Crippen molar-refractivity contribution in [1.29, 1.82) is 0 Å². The van der Waals surface area contributed by atoms with Crippen molar-refractivity contribution in [3.05, 3.63) is 27.3 Å². The van der Waals surface area contributed by atoms with E-state index in [1.807, 2.05) is 36.4 Å². The van der Waals surface area contributed by atoms with Crippen LogP contribution in [0.4, 0.5) is 0 Å². The smallest absolute Gasteiger partial charge is 0.339 e. The molecule has 0 atom stereocenters. The van der Waals surface area contributed by atoms with Gasteiger partial charge in [-0.25, -0.2) is 4.79 Å². The zero-order valence-electron chi connectivity index (χ0n) is 10.8. The zero-order chi connectivity index (χ0) is 14.4. The Labute approximate surface area is 125 Å². The van der Waals surface area contributed by atoms with Gasteiger partial charge in [-0.05, 0) is 46.7 Å². The van der Waals surface area contributed by atoms with Crippen molar-refractivity contribution in [2.45, 2.75) is 13.8 Å². The molecule has 0 aliphatic carbocycles. The van der Waals surface area contributed by atoms with Gasteiger partial charge in [-0.15, -0.1) is 0 Å². The molecule has 0 aliphatic rings. The van der Waals surface area contributed by atoms with Crippen LogP contribution in [0.3, 0.4) is 0 Å². The number of aromatic carboxylic acids is 1. The van der Waals surface area contributed by atoms with Crippen LogP contribution in [0.5, 0.6) is 5.75 Å². The second-order valence-corrected chi connectivity index (χ2v) is 5.68. The Hall–Kier alpha value is -1.31. The van der Waals surface area contributed by atoms with Gasteiger partial charge in [0.1, 0.15) is 11.3 Å². The molecule has 5 nitrogen and oxygen atoms in total. The van der Waals surface area contributed by atoms with E-state index in [0.717, 1.165) is 3.57 Å². The molecular weight excluding hydrogens is 361 g/mol. The third-order valence-electron chi connectivity index (χ3n) is 2.24. The predicted octanol–water partition coefficient (Wildman–Crippen LogP) is 2.14. The maximum atomic E-state index is 11.5. The van der Waals surface area contributed by atoms with E-state index in [-0.39, 0.29) is 23.8 Å². The van der Waals surface area contributed by atoms with Crippen LogP contribution in [0, 0.1) is 9.49 Å². The molecule has 2 N–H and O–H groups in total. The molecule has 0 radical (unpaired) electrons. The van der Waals surface area contributed by atoms with Gasteiger partial charge in [0.25, 0.3) is 5.91 Å². The second kappa shape index (κ2) is 7.32. The fraction of sp³-hybridized carbons (Fsp3) is 0.385. The van der Waals surface area contributed by atoms with Gasteiger partial charge in [-0.3, -0.25) is 4.79 Å². The highest BCUT2D eigenvalue weighted by Gasteiger charge is 2.13. The van der Waals surface area contributed by atoms with Crippen LogP contribution >= 0.6 is 22.6 Å². The van der Waals surface area contributed by atoms with Gasteiger partial charge in [0.05, 0.1) is 0 Å². The van der Waals surface area contributed by atoms with Crippen LogP contribution in [0.25, 0.3) is 0 Å². The number of carbonyl (C=O) groups is 2. The minimum Gasteiger partial charge on any atom is -0.483 e. The fourth-order valence-electron chi connectivity index (χ4n) is 1.31. The average Bonchev–Trinajstić information content (AvgIpc) is 2.34. The fourth-order valence-corrected chi connectivity index (χ4v) is 1.80. The number of halogens is 1. The summed E-state index contributed by atoms with van der Waals surface area (Å²) in [4.78, 5) is 22.5. The van der Waals surface area contributed by atoms with E-state index in [9.17, 15) is 9.59 Å². The predicted molar refractivity (Wildman–Crippen MR) is 79.5 cm³/mol. The maximum absolute atomic E-state index is 11.5. The quantitative estimate of drug-likeness (QED) is 0.745. The molecule has 0 aromatic heterocycles. The molecule has 0 heterocycles. The molecule has 0 unspecified atom stereocenters. The van der Waals surface area contributed by atoms with Crippen LogP contribution in [-0.2, 0) is 4.79 Å². The summed E-state index contributed by atoms with van der Waals surface area (Å²) >= 11 is 2.02. The molecule has 0 aliphatic heterocycles. The number of carboxylic acids is 1. The van der Waals surface area contributed by atoms with E-state index in [1.165, 1.54) is 6.07 Å². The van der Waals surface area contributed by atoms with Crippen molar-refractivity contribution in [3.8, 4) is 5.75 Å². The standard InChI is InChI=1S/C13H16INO4/c1-8(2)6-15-12(16)7-19-11-4-3-9(14)5-10(11)13(17)18/h3-5,8H,6-7H2,1-2H3,(H,15,16)(H,17,18). The Bertz CT molecular complexity index is 474. The van der Waals surface area contributed by atoms with E-state index in [2.05, 4.69) is 5.32 Å². The number of carbonyl (C=O) groups excluding carboxylic acids is 1. The first-order valence-corrected chi connectivity index (χ1v) is 6.90. The first kappa shape index (κ1) is 15.7. The van der Waals surface area contributed by atoms with Crippen molar-refractivity contribution in [2.24, 2.45) is 5.92 Å². The summed E-state index contributed by atoms with van der Waals surface area (Å²) in [6.07, 6.45) is 0. The second-order valence-electron chi connectivity index (χ2n) is 4.43. The van der Waals surface area contributed by atoms with Gasteiger partial charge in [-0.1, -0.05) is 13.8 Å². The average molecular weight is 377 g/mol. The molecule has 0 bridgehead atoms. The van der Waals surface area contributed by atoms with E-state index in [1.54, 1.807) is 12.1 Å². The Morgan fingerprint density at radius 1 is 1.42 bits per heavy atom. The molecule has 1 rings (SSSR count). The normalized spacial score (nSPS) is 10.3. The largest absolute Gasteiger partial charge is 0.483 e. The van der Waals surface area contributed by atoms with Crippen molar-refractivity contribution >= 4 is 34.5 Å². The minimum absolute atomic E-state index is 0.0589. The molecule has 0 spiro atoms. The summed E-state index contributed by atoms with van der Waals surface area (Å²) in [6.45, 7) is 4.36. The summed E-state index contributed by atoms with van der Waals surface area (Å²) in [5.41, 5.74) is 0.0589. The Balaban J connectivity index is 2.62. The summed E-state index contributed by atoms with van der Waals surface area (Å²) in [5, 5.41) is 11.7. The summed E-state index contributed by atoms with van der Waals surface area (Å²) in [6, 6.07) is 4.79. The number of hydrogen-bond donors (Lipinski definition) is 2. The van der Waals surface area contributed by atoms with Crippen molar-refractivity contribution in [3.63, 3.8) is 0 Å². The number of ether oxygens (including phenoxy) is 1. The van der Waals surface area contributed by atoms with Gasteiger partial charge in [-0.2, -0.15) is 0 Å². The van der Waals surface area contributed by atoms with Gasteiger partial charge in [0, 0.05) is 10.1 Å². The van der Waals surface area contributed by atoms with E-state index < -0.39 is 5.97 Å². The van der Waals surface area contributed by atoms with Crippen molar-refractivity contribution < 1.29 is 19.4 Å². The molecule has 6 heteroatoms. The molecule has 19 heavy (non-hydrogen) atoms. The van der Waals surface area contributed by atoms with Gasteiger partial charge >= 0.3 is 5.97 Å². The van der Waals surface area contributed by atoms with Crippen molar-refractivity contribution in [1.82, 2.24) is 5.32 Å². The highest BCUT2D eigenvalue weighted by atomic mass is 127. The van der Waals surface area contributed by atoms with Crippen molar-refractivity contribution in [2.75, 3.05) is 13.2 Å². The number of hydrogen-bond acceptors (Lipinski definition) is 3. The van der Waals surface area contributed by atoms with E-state index in [4.69, 9.17) is 9.84 Å². The van der Waals surface area contributed by atoms with Gasteiger partial charge in [0.15, 0.2) is 6.61 Å². The Kier molecular flexibility index (Phi) is 6.07. The van der Waals surface area contributed by atoms with Crippen LogP contribution in [-0.4, -0.2) is 30.1 Å². The topological polar surface area (TPSA) is 75.6 Å². The highest BCUT2D eigenvalue weighted by Crippen LogP contribution is 2.21. The third-order valence-corrected chi connectivity index (χ3v) is 2.91. The lowest BCUT2D eigenvalue weighted by Crippen LogP contribution is -2.31. The number of carboxylic acid groups (broad SMARTS) is 1. The summed E-state index contributed by atoms with van der Waals surface area (Å²) < 4.78 is 6.05. The number of benzene rings is 1. The Morgan fingerprint density at radius 2 is 2.11 bits per heavy atom.